The number of amides is 1. The number of piperidine rings is 1. The van der Waals surface area contributed by atoms with E-state index in [0.717, 1.165) is 31.0 Å². The van der Waals surface area contributed by atoms with Gasteiger partial charge in [-0.1, -0.05) is 0 Å². The Morgan fingerprint density at radius 2 is 2.35 bits per heavy atom. The van der Waals surface area contributed by atoms with Crippen LogP contribution >= 0.6 is 0 Å². The van der Waals surface area contributed by atoms with Gasteiger partial charge >= 0.3 is 0 Å². The third-order valence-electron chi connectivity index (χ3n) is 3.89. The highest BCUT2D eigenvalue weighted by Crippen LogP contribution is 2.11. The fourth-order valence-corrected chi connectivity index (χ4v) is 2.64. The van der Waals surface area contributed by atoms with Gasteiger partial charge in [-0.15, -0.1) is 0 Å². The van der Waals surface area contributed by atoms with Crippen molar-refractivity contribution in [2.24, 2.45) is 0 Å². The van der Waals surface area contributed by atoms with Gasteiger partial charge in [-0.05, 0) is 45.5 Å². The number of aryl methyl sites for hydroxylation is 1. The molecule has 1 aromatic heterocycles. The van der Waals surface area contributed by atoms with Crippen LogP contribution in [0.4, 0.5) is 0 Å². The van der Waals surface area contributed by atoms with Crippen molar-refractivity contribution < 1.29 is 9.21 Å². The van der Waals surface area contributed by atoms with Gasteiger partial charge in [-0.2, -0.15) is 0 Å². The van der Waals surface area contributed by atoms with Gasteiger partial charge in [0.1, 0.15) is 11.5 Å². The number of nitrogens with zero attached hydrogens (tertiary/aromatic N) is 2. The molecule has 1 aromatic rings. The Labute approximate surface area is 120 Å². The van der Waals surface area contributed by atoms with E-state index in [1.807, 2.05) is 33.2 Å². The summed E-state index contributed by atoms with van der Waals surface area (Å²) >= 11 is 0. The number of rotatable bonds is 5. The number of likely N-dealkylation sites (N-methyl/N-ethyl adjacent to an activating group) is 2. The molecule has 20 heavy (non-hydrogen) atoms. The van der Waals surface area contributed by atoms with Crippen molar-refractivity contribution in [1.29, 1.82) is 0 Å². The zero-order valence-electron chi connectivity index (χ0n) is 12.7. The van der Waals surface area contributed by atoms with Gasteiger partial charge in [0, 0.05) is 19.6 Å². The first-order valence-electron chi connectivity index (χ1n) is 7.27. The van der Waals surface area contributed by atoms with E-state index in [9.17, 15) is 4.79 Å². The van der Waals surface area contributed by atoms with E-state index in [0.29, 0.717) is 19.1 Å². The molecule has 0 spiro atoms. The normalized spacial score (nSPS) is 20.1. The van der Waals surface area contributed by atoms with Gasteiger partial charge in [0.05, 0.1) is 13.1 Å². The van der Waals surface area contributed by atoms with Crippen molar-refractivity contribution in [3.8, 4) is 0 Å². The lowest BCUT2D eigenvalue weighted by Crippen LogP contribution is -2.48. The summed E-state index contributed by atoms with van der Waals surface area (Å²) in [5.41, 5.74) is 0. The number of nitrogens with one attached hydrogen (secondary N) is 1. The Hall–Kier alpha value is -1.33. The molecule has 2 rings (SSSR count). The van der Waals surface area contributed by atoms with Crippen LogP contribution in [-0.2, 0) is 11.3 Å². The first-order valence-corrected chi connectivity index (χ1v) is 7.27. The topological polar surface area (TPSA) is 48.7 Å². The van der Waals surface area contributed by atoms with E-state index >= 15 is 0 Å². The Morgan fingerprint density at radius 1 is 1.55 bits per heavy atom. The van der Waals surface area contributed by atoms with E-state index in [-0.39, 0.29) is 5.91 Å². The predicted octanol–water partition coefficient (Wildman–Crippen LogP) is 1.23. The lowest BCUT2D eigenvalue weighted by Gasteiger charge is -2.32. The predicted molar refractivity (Wildman–Crippen MR) is 78.4 cm³/mol. The summed E-state index contributed by atoms with van der Waals surface area (Å²) < 4.78 is 5.51. The first kappa shape index (κ1) is 15.1. The summed E-state index contributed by atoms with van der Waals surface area (Å²) in [6.45, 7) is 4.91. The molecule has 0 aromatic carbocycles. The molecule has 1 aliphatic rings. The molecule has 1 N–H and O–H groups in total. The second kappa shape index (κ2) is 6.90. The summed E-state index contributed by atoms with van der Waals surface area (Å²) in [4.78, 5) is 16.2. The van der Waals surface area contributed by atoms with Gasteiger partial charge < -0.3 is 14.6 Å². The van der Waals surface area contributed by atoms with Gasteiger partial charge in [-0.3, -0.25) is 9.69 Å². The van der Waals surface area contributed by atoms with Crippen LogP contribution in [-0.4, -0.2) is 55.5 Å². The zero-order valence-corrected chi connectivity index (χ0v) is 12.7. The quantitative estimate of drug-likeness (QED) is 0.881. The zero-order chi connectivity index (χ0) is 14.5. The molecule has 2 heterocycles. The third-order valence-corrected chi connectivity index (χ3v) is 3.89. The highest BCUT2D eigenvalue weighted by molar-refractivity contribution is 5.77. The Balaban J connectivity index is 1.81. The molecule has 5 heteroatoms. The third kappa shape index (κ3) is 4.08. The molecular formula is C15H25N3O2. The molecule has 1 fully saturated rings. The Morgan fingerprint density at radius 3 is 3.00 bits per heavy atom. The number of carbonyl (C=O) groups excluding carboxylic acids is 1. The first-order chi connectivity index (χ1) is 9.58. The molecule has 0 saturated carbocycles. The molecule has 1 aliphatic heterocycles. The Kier molecular flexibility index (Phi) is 5.20. The molecule has 0 bridgehead atoms. The molecular weight excluding hydrogens is 254 g/mol. The minimum Gasteiger partial charge on any atom is -0.464 e. The molecule has 5 nitrogen and oxygen atoms in total. The number of carbonyl (C=O) groups is 1. The molecule has 0 radical (unpaired) electrons. The molecule has 0 aliphatic carbocycles. The van der Waals surface area contributed by atoms with Crippen molar-refractivity contribution in [3.05, 3.63) is 23.7 Å². The summed E-state index contributed by atoms with van der Waals surface area (Å²) in [7, 11) is 3.82. The highest BCUT2D eigenvalue weighted by atomic mass is 16.3. The maximum Gasteiger partial charge on any atom is 0.236 e. The molecule has 1 amide bonds. The number of likely N-dealkylation sites (tertiary alicyclic amines) is 1. The maximum absolute atomic E-state index is 12.2. The van der Waals surface area contributed by atoms with Gasteiger partial charge in [-0.25, -0.2) is 0 Å². The van der Waals surface area contributed by atoms with Crippen LogP contribution in [0.15, 0.2) is 16.5 Å². The van der Waals surface area contributed by atoms with Crippen LogP contribution in [0.3, 0.4) is 0 Å². The van der Waals surface area contributed by atoms with Crippen molar-refractivity contribution >= 4 is 5.91 Å². The van der Waals surface area contributed by atoms with Crippen molar-refractivity contribution in [3.63, 3.8) is 0 Å². The van der Waals surface area contributed by atoms with Crippen molar-refractivity contribution in [1.82, 2.24) is 15.1 Å². The molecule has 1 atom stereocenters. The standard InChI is InChI=1S/C15H25N3O2/c1-12-6-7-14(20-12)10-17(3)15(19)11-18-8-4-5-13(9-18)16-2/h6-7,13,16H,4-5,8-11H2,1-3H3. The van der Waals surface area contributed by atoms with Crippen LogP contribution in [0.2, 0.25) is 0 Å². The second-order valence-electron chi connectivity index (χ2n) is 5.63. The number of furan rings is 1. The van der Waals surface area contributed by atoms with Crippen molar-refractivity contribution in [2.75, 3.05) is 33.7 Å². The fraction of sp³-hybridized carbons (Fsp3) is 0.667. The lowest BCUT2D eigenvalue weighted by molar-refractivity contribution is -0.132. The van der Waals surface area contributed by atoms with E-state index < -0.39 is 0 Å². The van der Waals surface area contributed by atoms with Gasteiger partial charge in [0.15, 0.2) is 0 Å². The monoisotopic (exact) mass is 279 g/mol. The largest absolute Gasteiger partial charge is 0.464 e. The van der Waals surface area contributed by atoms with E-state index in [1.165, 1.54) is 6.42 Å². The smallest absolute Gasteiger partial charge is 0.236 e. The minimum atomic E-state index is 0.149. The SMILES string of the molecule is CNC1CCCN(CC(=O)N(C)Cc2ccc(C)o2)C1. The van der Waals surface area contributed by atoms with Gasteiger partial charge in [0.25, 0.3) is 0 Å². The van der Waals surface area contributed by atoms with Crippen LogP contribution in [0.1, 0.15) is 24.4 Å². The van der Waals surface area contributed by atoms with E-state index in [4.69, 9.17) is 4.42 Å². The number of hydrogen-bond acceptors (Lipinski definition) is 4. The van der Waals surface area contributed by atoms with Crippen LogP contribution in [0.25, 0.3) is 0 Å². The summed E-state index contributed by atoms with van der Waals surface area (Å²) in [6, 6.07) is 4.36. The highest BCUT2D eigenvalue weighted by Gasteiger charge is 2.21. The number of hydrogen-bond donors (Lipinski definition) is 1. The summed E-state index contributed by atoms with van der Waals surface area (Å²) in [5.74, 6) is 1.87. The Bertz CT molecular complexity index is 444. The molecule has 1 unspecified atom stereocenters. The van der Waals surface area contributed by atoms with E-state index in [2.05, 4.69) is 10.2 Å². The molecule has 1 saturated heterocycles. The second-order valence-corrected chi connectivity index (χ2v) is 5.63. The van der Waals surface area contributed by atoms with E-state index in [1.54, 1.807) is 4.90 Å². The molecule has 112 valence electrons. The van der Waals surface area contributed by atoms with Crippen LogP contribution < -0.4 is 5.32 Å². The lowest BCUT2D eigenvalue weighted by atomic mass is 10.1. The van der Waals surface area contributed by atoms with Crippen LogP contribution in [0, 0.1) is 6.92 Å². The average molecular weight is 279 g/mol. The van der Waals surface area contributed by atoms with Crippen molar-refractivity contribution in [2.45, 2.75) is 32.4 Å². The fourth-order valence-electron chi connectivity index (χ4n) is 2.64. The average Bonchev–Trinajstić information content (AvgIpc) is 2.84. The minimum absolute atomic E-state index is 0.149. The maximum atomic E-state index is 12.2. The summed E-state index contributed by atoms with van der Waals surface area (Å²) in [5, 5.41) is 3.30. The van der Waals surface area contributed by atoms with Gasteiger partial charge in [0.2, 0.25) is 5.91 Å². The summed E-state index contributed by atoms with van der Waals surface area (Å²) in [6.07, 6.45) is 2.35. The van der Waals surface area contributed by atoms with Crippen LogP contribution in [0.5, 0.6) is 0 Å².